The van der Waals surface area contributed by atoms with Crippen LogP contribution in [0.15, 0.2) is 97.1 Å². The minimum Gasteiger partial charge on any atom is -0.481 e. The molecule has 4 heteroatoms. The highest BCUT2D eigenvalue weighted by Gasteiger charge is 2.18. The fourth-order valence-electron chi connectivity index (χ4n) is 3.18. The minimum atomic E-state index is -0.577. The number of hydrogen-bond donors (Lipinski definition) is 1. The van der Waals surface area contributed by atoms with Gasteiger partial charge in [0.1, 0.15) is 17.2 Å². The predicted molar refractivity (Wildman–Crippen MR) is 120 cm³/mol. The average Bonchev–Trinajstić information content (AvgIpc) is 2.79. The molecule has 0 fully saturated rings. The summed E-state index contributed by atoms with van der Waals surface area (Å²) in [5.41, 5.74) is 0.695. The molecule has 30 heavy (non-hydrogen) atoms. The Morgan fingerprint density at radius 3 is 2.13 bits per heavy atom. The van der Waals surface area contributed by atoms with Crippen molar-refractivity contribution in [1.29, 1.82) is 0 Å². The molecule has 0 radical (unpaired) electrons. The van der Waals surface area contributed by atoms with Gasteiger partial charge in [-0.2, -0.15) is 0 Å². The number of ether oxygens (including phenoxy) is 2. The van der Waals surface area contributed by atoms with Gasteiger partial charge in [0.15, 0.2) is 6.10 Å². The zero-order valence-electron chi connectivity index (χ0n) is 16.7. The van der Waals surface area contributed by atoms with Gasteiger partial charge in [-0.15, -0.1) is 0 Å². The SMILES string of the molecule is CC[C@@H](Oc1ccc2ccccc2c1)C(=O)Nc1ccc(Oc2ccccc2)cc1. The van der Waals surface area contributed by atoms with E-state index in [0.29, 0.717) is 23.6 Å². The summed E-state index contributed by atoms with van der Waals surface area (Å²) in [7, 11) is 0. The first-order valence-electron chi connectivity index (χ1n) is 10.0. The molecule has 1 atom stereocenters. The van der Waals surface area contributed by atoms with Crippen LogP contribution in [0.5, 0.6) is 17.2 Å². The normalized spacial score (nSPS) is 11.6. The highest BCUT2D eigenvalue weighted by Crippen LogP contribution is 2.24. The number of hydrogen-bond acceptors (Lipinski definition) is 3. The van der Waals surface area contributed by atoms with E-state index < -0.39 is 6.10 Å². The topological polar surface area (TPSA) is 47.6 Å². The number of benzene rings is 4. The summed E-state index contributed by atoms with van der Waals surface area (Å²) in [6, 6.07) is 30.8. The van der Waals surface area contributed by atoms with Gasteiger partial charge in [-0.25, -0.2) is 0 Å². The number of carbonyl (C=O) groups excluding carboxylic acids is 1. The van der Waals surface area contributed by atoms with Crippen LogP contribution in [0.4, 0.5) is 5.69 Å². The minimum absolute atomic E-state index is 0.178. The van der Waals surface area contributed by atoms with Crippen molar-refractivity contribution >= 4 is 22.4 Å². The van der Waals surface area contributed by atoms with Gasteiger partial charge >= 0.3 is 0 Å². The molecule has 0 bridgehead atoms. The van der Waals surface area contributed by atoms with Gasteiger partial charge in [-0.3, -0.25) is 4.79 Å². The number of nitrogens with one attached hydrogen (secondary N) is 1. The number of para-hydroxylation sites is 1. The molecule has 150 valence electrons. The summed E-state index contributed by atoms with van der Waals surface area (Å²) in [5, 5.41) is 5.14. The number of carbonyl (C=O) groups is 1. The monoisotopic (exact) mass is 397 g/mol. The van der Waals surface area contributed by atoms with Crippen LogP contribution in [0.25, 0.3) is 10.8 Å². The van der Waals surface area contributed by atoms with Crippen LogP contribution in [-0.2, 0) is 4.79 Å². The Morgan fingerprint density at radius 2 is 1.40 bits per heavy atom. The predicted octanol–water partition coefficient (Wildman–Crippen LogP) is 6.43. The highest BCUT2D eigenvalue weighted by atomic mass is 16.5. The van der Waals surface area contributed by atoms with Crippen molar-refractivity contribution in [3.8, 4) is 17.2 Å². The van der Waals surface area contributed by atoms with E-state index in [1.165, 1.54) is 0 Å². The van der Waals surface area contributed by atoms with E-state index in [4.69, 9.17) is 9.47 Å². The van der Waals surface area contributed by atoms with Gasteiger partial charge in [0.05, 0.1) is 0 Å². The van der Waals surface area contributed by atoms with E-state index >= 15 is 0 Å². The molecular weight excluding hydrogens is 374 g/mol. The number of amides is 1. The molecular formula is C26H23NO3. The van der Waals surface area contributed by atoms with E-state index in [-0.39, 0.29) is 5.91 Å². The lowest BCUT2D eigenvalue weighted by atomic mass is 10.1. The lowest BCUT2D eigenvalue weighted by Crippen LogP contribution is -2.32. The molecule has 0 unspecified atom stereocenters. The van der Waals surface area contributed by atoms with E-state index in [1.54, 1.807) is 0 Å². The molecule has 0 aliphatic carbocycles. The summed E-state index contributed by atoms with van der Waals surface area (Å²) in [5.74, 6) is 1.98. The first-order chi connectivity index (χ1) is 14.7. The van der Waals surface area contributed by atoms with Crippen molar-refractivity contribution in [2.45, 2.75) is 19.4 Å². The molecule has 0 aromatic heterocycles. The second-order valence-electron chi connectivity index (χ2n) is 6.95. The van der Waals surface area contributed by atoms with Gasteiger partial charge < -0.3 is 14.8 Å². The lowest BCUT2D eigenvalue weighted by molar-refractivity contribution is -0.122. The van der Waals surface area contributed by atoms with Gasteiger partial charge in [0.2, 0.25) is 0 Å². The Balaban J connectivity index is 1.39. The third kappa shape index (κ3) is 4.78. The zero-order valence-corrected chi connectivity index (χ0v) is 16.7. The summed E-state index contributed by atoms with van der Waals surface area (Å²) in [6.45, 7) is 1.93. The van der Waals surface area contributed by atoms with E-state index in [2.05, 4.69) is 5.32 Å². The third-order valence-electron chi connectivity index (χ3n) is 4.76. The van der Waals surface area contributed by atoms with E-state index in [1.807, 2.05) is 104 Å². The fourth-order valence-corrected chi connectivity index (χ4v) is 3.18. The Bertz CT molecular complexity index is 1120. The Labute approximate surface area is 176 Å². The smallest absolute Gasteiger partial charge is 0.265 e. The van der Waals surface area contributed by atoms with Crippen LogP contribution < -0.4 is 14.8 Å². The van der Waals surface area contributed by atoms with Crippen molar-refractivity contribution in [3.63, 3.8) is 0 Å². The highest BCUT2D eigenvalue weighted by molar-refractivity contribution is 5.94. The van der Waals surface area contributed by atoms with Gasteiger partial charge in [-0.1, -0.05) is 55.5 Å². The molecule has 0 aliphatic heterocycles. The molecule has 0 aliphatic rings. The molecule has 0 saturated heterocycles. The summed E-state index contributed by atoms with van der Waals surface area (Å²) < 4.78 is 11.8. The van der Waals surface area contributed by atoms with Crippen molar-refractivity contribution in [3.05, 3.63) is 97.1 Å². The Kier molecular flexibility index (Phi) is 5.95. The number of rotatable bonds is 7. The summed E-state index contributed by atoms with van der Waals surface area (Å²) >= 11 is 0. The first-order valence-corrected chi connectivity index (χ1v) is 10.0. The molecule has 0 spiro atoms. The molecule has 4 aromatic carbocycles. The molecule has 0 heterocycles. The third-order valence-corrected chi connectivity index (χ3v) is 4.76. The van der Waals surface area contributed by atoms with Crippen molar-refractivity contribution in [2.24, 2.45) is 0 Å². The van der Waals surface area contributed by atoms with E-state index in [9.17, 15) is 4.79 Å². The largest absolute Gasteiger partial charge is 0.481 e. The van der Waals surface area contributed by atoms with Crippen molar-refractivity contribution < 1.29 is 14.3 Å². The maximum Gasteiger partial charge on any atom is 0.265 e. The Hall–Kier alpha value is -3.79. The molecule has 1 amide bonds. The van der Waals surface area contributed by atoms with Gasteiger partial charge in [0, 0.05) is 5.69 Å². The molecule has 0 saturated carbocycles. The van der Waals surface area contributed by atoms with Gasteiger partial charge in [-0.05, 0) is 65.7 Å². The fraction of sp³-hybridized carbons (Fsp3) is 0.115. The van der Waals surface area contributed by atoms with Crippen LogP contribution in [0.3, 0.4) is 0 Å². The Morgan fingerprint density at radius 1 is 0.767 bits per heavy atom. The van der Waals surface area contributed by atoms with Gasteiger partial charge in [0.25, 0.3) is 5.91 Å². The average molecular weight is 397 g/mol. The standard InChI is InChI=1S/C26H23NO3/c1-2-25(30-24-15-12-19-8-6-7-9-20(19)18-24)26(28)27-21-13-16-23(17-14-21)29-22-10-4-3-5-11-22/h3-18,25H,2H2,1H3,(H,27,28)/t25-/m1/s1. The maximum absolute atomic E-state index is 12.7. The lowest BCUT2D eigenvalue weighted by Gasteiger charge is -2.18. The van der Waals surface area contributed by atoms with Crippen molar-refractivity contribution in [2.75, 3.05) is 5.32 Å². The van der Waals surface area contributed by atoms with Crippen LogP contribution in [-0.4, -0.2) is 12.0 Å². The molecule has 4 nitrogen and oxygen atoms in total. The van der Waals surface area contributed by atoms with E-state index in [0.717, 1.165) is 16.5 Å². The zero-order chi connectivity index (χ0) is 20.8. The second-order valence-corrected chi connectivity index (χ2v) is 6.95. The van der Waals surface area contributed by atoms with Crippen LogP contribution >= 0.6 is 0 Å². The van der Waals surface area contributed by atoms with Crippen molar-refractivity contribution in [1.82, 2.24) is 0 Å². The molecule has 4 rings (SSSR count). The van der Waals surface area contributed by atoms with Crippen LogP contribution in [0.1, 0.15) is 13.3 Å². The number of anilines is 1. The molecule has 4 aromatic rings. The van der Waals surface area contributed by atoms with Crippen LogP contribution in [0.2, 0.25) is 0 Å². The molecule has 1 N–H and O–H groups in total. The quantitative estimate of drug-likeness (QED) is 0.391. The first kappa shape index (κ1) is 19.5. The summed E-state index contributed by atoms with van der Waals surface area (Å²) in [6.07, 6.45) is -0.0140. The summed E-state index contributed by atoms with van der Waals surface area (Å²) in [4.78, 5) is 12.7. The van der Waals surface area contributed by atoms with Crippen LogP contribution in [0, 0.1) is 0 Å². The number of fused-ring (bicyclic) bond motifs is 1. The maximum atomic E-state index is 12.7. The second kappa shape index (κ2) is 9.14.